The SMILES string of the molecule is Cc1c(O)c(Cl)cc(C2(c3cc(Cl)c(O)c(CCC(=O)O)c3O)OC(=O)c3cc(Cl)c(Cl)cc32)c1O. The van der Waals surface area contributed by atoms with Crippen molar-refractivity contribution >= 4 is 58.3 Å². The number of fused-ring (bicyclic) bond motifs is 1. The van der Waals surface area contributed by atoms with Crippen LogP contribution in [0, 0.1) is 6.92 Å². The van der Waals surface area contributed by atoms with Crippen molar-refractivity contribution in [3.05, 3.63) is 77.7 Å². The summed E-state index contributed by atoms with van der Waals surface area (Å²) < 4.78 is 5.82. The van der Waals surface area contributed by atoms with Crippen molar-refractivity contribution in [2.24, 2.45) is 0 Å². The number of benzene rings is 3. The van der Waals surface area contributed by atoms with E-state index in [0.717, 1.165) is 12.1 Å². The minimum Gasteiger partial charge on any atom is -0.507 e. The van der Waals surface area contributed by atoms with Gasteiger partial charge in [-0.1, -0.05) is 46.4 Å². The summed E-state index contributed by atoms with van der Waals surface area (Å²) in [6.07, 6.45) is -0.804. The number of rotatable bonds is 5. The lowest BCUT2D eigenvalue weighted by molar-refractivity contribution is -0.136. The van der Waals surface area contributed by atoms with Gasteiger partial charge in [0.05, 0.1) is 25.7 Å². The highest BCUT2D eigenvalue weighted by Gasteiger charge is 2.53. The average molecular weight is 574 g/mol. The molecule has 1 aliphatic heterocycles. The van der Waals surface area contributed by atoms with Gasteiger partial charge < -0.3 is 30.3 Å². The highest BCUT2D eigenvalue weighted by atomic mass is 35.5. The Morgan fingerprint density at radius 2 is 1.33 bits per heavy atom. The van der Waals surface area contributed by atoms with Crippen LogP contribution in [0.15, 0.2) is 24.3 Å². The van der Waals surface area contributed by atoms with Gasteiger partial charge in [-0.05, 0) is 37.6 Å². The maximum absolute atomic E-state index is 13.1. The van der Waals surface area contributed by atoms with Gasteiger partial charge in [0.2, 0.25) is 0 Å². The molecule has 4 rings (SSSR count). The molecule has 1 unspecified atom stereocenters. The van der Waals surface area contributed by atoms with Crippen LogP contribution in [0.4, 0.5) is 0 Å². The van der Waals surface area contributed by atoms with Crippen LogP contribution in [0.2, 0.25) is 20.1 Å². The van der Waals surface area contributed by atoms with E-state index in [2.05, 4.69) is 0 Å². The molecule has 36 heavy (non-hydrogen) atoms. The van der Waals surface area contributed by atoms with Gasteiger partial charge in [0, 0.05) is 34.2 Å². The molecule has 12 heteroatoms. The van der Waals surface area contributed by atoms with E-state index in [1.165, 1.54) is 19.1 Å². The molecular formula is C24H16Cl4O8. The molecule has 0 spiro atoms. The van der Waals surface area contributed by atoms with Crippen molar-refractivity contribution in [2.45, 2.75) is 25.4 Å². The van der Waals surface area contributed by atoms with Gasteiger partial charge in [0.1, 0.15) is 23.0 Å². The first kappa shape index (κ1) is 26.0. The second-order valence-corrected chi connectivity index (χ2v) is 9.72. The fourth-order valence-electron chi connectivity index (χ4n) is 4.25. The molecule has 0 saturated carbocycles. The summed E-state index contributed by atoms with van der Waals surface area (Å²) in [6, 6.07) is 4.80. The first-order chi connectivity index (χ1) is 16.8. The molecule has 3 aromatic rings. The van der Waals surface area contributed by atoms with E-state index in [9.17, 15) is 30.0 Å². The lowest BCUT2D eigenvalue weighted by atomic mass is 9.77. The zero-order valence-electron chi connectivity index (χ0n) is 18.2. The Morgan fingerprint density at radius 1 is 0.806 bits per heavy atom. The minimum absolute atomic E-state index is 0.00893. The summed E-state index contributed by atoms with van der Waals surface area (Å²) in [5.41, 5.74) is -2.85. The number of cyclic esters (lactones) is 1. The largest absolute Gasteiger partial charge is 0.507 e. The number of phenols is 4. The normalized spacial score (nSPS) is 16.6. The number of aromatic hydroxyl groups is 4. The minimum atomic E-state index is -2.15. The van der Waals surface area contributed by atoms with E-state index in [-0.39, 0.29) is 59.9 Å². The molecule has 3 aromatic carbocycles. The van der Waals surface area contributed by atoms with Crippen LogP contribution in [-0.2, 0) is 21.6 Å². The smallest absolute Gasteiger partial charge is 0.340 e. The van der Waals surface area contributed by atoms with Gasteiger partial charge in [0.15, 0.2) is 5.60 Å². The molecule has 0 amide bonds. The molecule has 0 aliphatic carbocycles. The highest BCUT2D eigenvalue weighted by molar-refractivity contribution is 6.42. The monoisotopic (exact) mass is 572 g/mol. The van der Waals surface area contributed by atoms with Crippen LogP contribution in [0.1, 0.15) is 44.6 Å². The number of phenolic OH excluding ortho intramolecular Hbond substituents is 4. The Morgan fingerprint density at radius 3 is 1.94 bits per heavy atom. The van der Waals surface area contributed by atoms with Gasteiger partial charge in [-0.15, -0.1) is 0 Å². The fourth-order valence-corrected chi connectivity index (χ4v) is 5.05. The van der Waals surface area contributed by atoms with Crippen LogP contribution in [-0.4, -0.2) is 37.5 Å². The zero-order valence-corrected chi connectivity index (χ0v) is 21.2. The predicted octanol–water partition coefficient (Wildman–Crippen LogP) is 5.91. The number of carboxylic acid groups (broad SMARTS) is 1. The molecule has 188 valence electrons. The van der Waals surface area contributed by atoms with Crippen LogP contribution < -0.4 is 0 Å². The molecule has 8 nitrogen and oxygen atoms in total. The van der Waals surface area contributed by atoms with Crippen molar-refractivity contribution in [3.63, 3.8) is 0 Å². The third-order valence-corrected chi connectivity index (χ3v) is 7.34. The van der Waals surface area contributed by atoms with Crippen molar-refractivity contribution in [1.29, 1.82) is 0 Å². The number of hydrogen-bond donors (Lipinski definition) is 5. The van der Waals surface area contributed by atoms with E-state index < -0.39 is 47.0 Å². The molecule has 0 fully saturated rings. The Kier molecular flexibility index (Phi) is 6.59. The van der Waals surface area contributed by atoms with Crippen LogP contribution in [0.3, 0.4) is 0 Å². The predicted molar refractivity (Wildman–Crippen MR) is 132 cm³/mol. The van der Waals surface area contributed by atoms with Gasteiger partial charge in [-0.3, -0.25) is 4.79 Å². The summed E-state index contributed by atoms with van der Waals surface area (Å²) in [7, 11) is 0. The highest BCUT2D eigenvalue weighted by Crippen LogP contribution is 2.57. The standard InChI is InChI=1S/C24H16Cl4O8/c1-8-19(31)12(6-16(27)20(8)32)24(11-5-15(26)14(25)4-10(11)23(35)36-24)13-7-17(28)22(34)9(21(13)33)2-3-18(29)30/h4-7,31-34H,2-3H2,1H3,(H,29,30). The summed E-state index contributed by atoms with van der Waals surface area (Å²) in [5.74, 6) is -4.28. The topological polar surface area (TPSA) is 145 Å². The third kappa shape index (κ3) is 3.85. The Bertz CT molecular complexity index is 1470. The van der Waals surface area contributed by atoms with Crippen LogP contribution >= 0.6 is 46.4 Å². The maximum Gasteiger partial charge on any atom is 0.340 e. The van der Waals surface area contributed by atoms with Crippen molar-refractivity contribution in [2.75, 3.05) is 0 Å². The first-order valence-electron chi connectivity index (χ1n) is 10.2. The Labute approximate surface area is 223 Å². The maximum atomic E-state index is 13.1. The number of halogens is 4. The summed E-state index contributed by atoms with van der Waals surface area (Å²) >= 11 is 24.8. The lowest BCUT2D eigenvalue weighted by Crippen LogP contribution is -2.30. The van der Waals surface area contributed by atoms with Crippen molar-refractivity contribution in [3.8, 4) is 23.0 Å². The number of carboxylic acids is 1. The van der Waals surface area contributed by atoms with E-state index in [0.29, 0.717) is 0 Å². The summed E-state index contributed by atoms with van der Waals surface area (Å²) in [4.78, 5) is 24.2. The molecule has 1 aliphatic rings. The first-order valence-corrected chi connectivity index (χ1v) is 11.7. The van der Waals surface area contributed by atoms with Gasteiger partial charge in [0.25, 0.3) is 0 Å². The second kappa shape index (κ2) is 9.12. The Hall–Kier alpha value is -3.04. The lowest BCUT2D eigenvalue weighted by Gasteiger charge is -2.33. The molecule has 0 bridgehead atoms. The number of carbonyl (C=O) groups is 2. The van der Waals surface area contributed by atoms with E-state index in [4.69, 9.17) is 56.2 Å². The number of ether oxygens (including phenoxy) is 1. The van der Waals surface area contributed by atoms with E-state index in [1.807, 2.05) is 0 Å². The van der Waals surface area contributed by atoms with Gasteiger partial charge in [-0.25, -0.2) is 4.79 Å². The molecule has 1 heterocycles. The number of esters is 1. The molecular weight excluding hydrogens is 558 g/mol. The molecule has 0 saturated heterocycles. The van der Waals surface area contributed by atoms with Gasteiger partial charge in [-0.2, -0.15) is 0 Å². The number of carbonyl (C=O) groups excluding carboxylic acids is 1. The third-order valence-electron chi connectivity index (χ3n) is 6.04. The molecule has 1 atom stereocenters. The van der Waals surface area contributed by atoms with Crippen molar-refractivity contribution in [1.82, 2.24) is 0 Å². The number of aliphatic carboxylic acids is 1. The second-order valence-electron chi connectivity index (χ2n) is 8.09. The van der Waals surface area contributed by atoms with E-state index in [1.54, 1.807) is 0 Å². The molecule has 0 aromatic heterocycles. The fraction of sp³-hybridized carbons (Fsp3) is 0.167. The zero-order chi connectivity index (χ0) is 26.7. The molecule has 0 radical (unpaired) electrons. The Balaban J connectivity index is 2.18. The van der Waals surface area contributed by atoms with E-state index >= 15 is 0 Å². The van der Waals surface area contributed by atoms with Crippen LogP contribution in [0.5, 0.6) is 23.0 Å². The van der Waals surface area contributed by atoms with Crippen LogP contribution in [0.25, 0.3) is 0 Å². The molecule has 5 N–H and O–H groups in total. The average Bonchev–Trinajstić information content (AvgIpc) is 3.09. The van der Waals surface area contributed by atoms with Gasteiger partial charge >= 0.3 is 11.9 Å². The quantitative estimate of drug-likeness (QED) is 0.237. The summed E-state index contributed by atoms with van der Waals surface area (Å²) in [6.45, 7) is 1.36. The number of hydrogen-bond acceptors (Lipinski definition) is 7. The van der Waals surface area contributed by atoms with Crippen molar-refractivity contribution < 1.29 is 39.9 Å². The summed E-state index contributed by atoms with van der Waals surface area (Å²) in [5, 5.41) is 51.7.